The van der Waals surface area contributed by atoms with Crippen molar-refractivity contribution in [3.05, 3.63) is 76.9 Å². The van der Waals surface area contributed by atoms with Crippen LogP contribution >= 0.6 is 0 Å². The van der Waals surface area contributed by atoms with Crippen molar-refractivity contribution < 1.29 is 19.4 Å². The molecule has 5 heteroatoms. The Balaban J connectivity index is 1.26. The third-order valence-corrected chi connectivity index (χ3v) is 9.62. The number of fused-ring (bicyclic) bond motifs is 3. The Hall–Kier alpha value is -3.18. The number of hydrogen-bond donors (Lipinski definition) is 1. The van der Waals surface area contributed by atoms with Crippen LogP contribution in [0.15, 0.2) is 65.7 Å². The molecule has 2 aliphatic heterocycles. The first kappa shape index (κ1) is 27.0. The van der Waals surface area contributed by atoms with E-state index in [4.69, 9.17) is 4.74 Å². The summed E-state index contributed by atoms with van der Waals surface area (Å²) in [5, 5.41) is 10.4. The second kappa shape index (κ2) is 11.7. The lowest BCUT2D eigenvalue weighted by molar-refractivity contribution is -0.143. The van der Waals surface area contributed by atoms with Crippen LogP contribution in [0.2, 0.25) is 0 Å². The van der Waals surface area contributed by atoms with E-state index in [0.29, 0.717) is 13.0 Å². The number of para-hydroxylation sites is 1. The first-order valence-corrected chi connectivity index (χ1v) is 15.3. The zero-order valence-corrected chi connectivity index (χ0v) is 23.6. The van der Waals surface area contributed by atoms with Crippen LogP contribution in [0.5, 0.6) is 5.75 Å². The van der Waals surface area contributed by atoms with Gasteiger partial charge in [-0.2, -0.15) is 0 Å². The average molecular weight is 540 g/mol. The van der Waals surface area contributed by atoms with E-state index >= 15 is 0 Å². The van der Waals surface area contributed by atoms with Gasteiger partial charge in [0, 0.05) is 17.5 Å². The molecule has 4 atom stereocenters. The van der Waals surface area contributed by atoms with Gasteiger partial charge in [-0.05, 0) is 67.4 Å². The number of carbonyl (C=O) groups excluding carboxylic acids is 2. The number of phenols is 1. The monoisotopic (exact) mass is 539 g/mol. The summed E-state index contributed by atoms with van der Waals surface area (Å²) >= 11 is 0. The van der Waals surface area contributed by atoms with Gasteiger partial charge in [0.1, 0.15) is 5.75 Å². The molecule has 5 nitrogen and oxygen atoms in total. The molecule has 6 rings (SSSR count). The number of amides is 2. The second-order valence-electron chi connectivity index (χ2n) is 12.0. The summed E-state index contributed by atoms with van der Waals surface area (Å²) in [6, 6.07) is 17.8. The van der Waals surface area contributed by atoms with Gasteiger partial charge in [0.25, 0.3) is 0 Å². The van der Waals surface area contributed by atoms with Crippen molar-refractivity contribution in [3.63, 3.8) is 0 Å². The summed E-state index contributed by atoms with van der Waals surface area (Å²) in [4.78, 5) is 29.2. The molecule has 3 fully saturated rings. The smallest absolute Gasteiger partial charge is 0.234 e. The highest BCUT2D eigenvalue weighted by atomic mass is 16.5. The van der Waals surface area contributed by atoms with Crippen molar-refractivity contribution >= 4 is 23.5 Å². The van der Waals surface area contributed by atoms with Crippen molar-refractivity contribution in [1.82, 2.24) is 4.90 Å². The zero-order chi connectivity index (χ0) is 27.6. The molecule has 2 saturated heterocycles. The fraction of sp³-hybridized carbons (Fsp3) is 0.486. The number of benzene rings is 2. The lowest BCUT2D eigenvalue weighted by Crippen LogP contribution is -2.42. The maximum Gasteiger partial charge on any atom is 0.234 e. The number of carbonyl (C=O) groups is 2. The molecule has 0 radical (unpaired) electrons. The molecule has 4 aliphatic rings. The predicted octanol–water partition coefficient (Wildman–Crippen LogP) is 7.16. The lowest BCUT2D eigenvalue weighted by Gasteiger charge is -2.32. The van der Waals surface area contributed by atoms with Gasteiger partial charge in [0.15, 0.2) is 0 Å². The van der Waals surface area contributed by atoms with E-state index in [1.807, 2.05) is 36.4 Å². The number of phenolic OH excluding ortho intramolecular Hbond substituents is 1. The number of nitrogens with zero attached hydrogens (tertiary/aromatic N) is 1. The standard InChI is InChI=1S/C35H41NO4/c1-2-11-26-21-28-33(35(39)36(34(28)38)27-15-7-4-8-16-27)29-22-40-31(32(26)29)19-18-24(23-12-5-3-6-13-23)20-25-14-9-10-17-30(25)37/h3,5-6,9-10,12-14,17,20,27-29,31,33,37H,2,4,7-8,11,15-16,18-19,21-22H2,1H3/b24-20-/t28-,29+,31-,33-/m1/s1. The van der Waals surface area contributed by atoms with Crippen LogP contribution in [0.25, 0.3) is 11.6 Å². The fourth-order valence-corrected chi connectivity index (χ4v) is 7.77. The SMILES string of the molecule is CCCC1=C2[C@@H](CC/C(=C/c3ccccc3O)c3ccccc3)OC[C@@H]2[C@@H]2C(=O)N(C3CCCCC3)C(=O)[C@@H]2C1. The third kappa shape index (κ3) is 5.05. The Morgan fingerprint density at radius 2 is 1.73 bits per heavy atom. The highest BCUT2D eigenvalue weighted by molar-refractivity contribution is 6.06. The Labute approximate surface area is 237 Å². The minimum absolute atomic E-state index is 0.0117. The van der Waals surface area contributed by atoms with Crippen molar-refractivity contribution in [2.75, 3.05) is 6.61 Å². The first-order chi connectivity index (χ1) is 19.6. The Morgan fingerprint density at radius 3 is 2.48 bits per heavy atom. The number of imide groups is 1. The number of allylic oxidation sites excluding steroid dienone is 2. The predicted molar refractivity (Wildman–Crippen MR) is 157 cm³/mol. The zero-order valence-electron chi connectivity index (χ0n) is 23.6. The molecular weight excluding hydrogens is 498 g/mol. The summed E-state index contributed by atoms with van der Waals surface area (Å²) in [6.07, 6.45) is 11.6. The second-order valence-corrected chi connectivity index (χ2v) is 12.0. The molecule has 0 bridgehead atoms. The van der Waals surface area contributed by atoms with Crippen LogP contribution in [0, 0.1) is 17.8 Å². The Morgan fingerprint density at radius 1 is 0.975 bits per heavy atom. The van der Waals surface area contributed by atoms with E-state index in [2.05, 4.69) is 25.1 Å². The molecule has 2 amide bonds. The average Bonchev–Trinajstić information content (AvgIpc) is 3.51. The number of aromatic hydroxyl groups is 1. The molecule has 0 aromatic heterocycles. The van der Waals surface area contributed by atoms with Crippen LogP contribution < -0.4 is 0 Å². The van der Waals surface area contributed by atoms with E-state index in [-0.39, 0.29) is 47.5 Å². The first-order valence-electron chi connectivity index (χ1n) is 15.3. The highest BCUT2D eigenvalue weighted by Gasteiger charge is 2.57. The number of rotatable bonds is 8. The lowest BCUT2D eigenvalue weighted by atomic mass is 9.68. The van der Waals surface area contributed by atoms with Crippen molar-refractivity contribution in [3.8, 4) is 5.75 Å². The normalized spacial score (nSPS) is 27.3. The molecule has 1 N–H and O–H groups in total. The van der Waals surface area contributed by atoms with E-state index in [1.165, 1.54) is 17.6 Å². The van der Waals surface area contributed by atoms with Gasteiger partial charge in [-0.25, -0.2) is 0 Å². The molecule has 210 valence electrons. The van der Waals surface area contributed by atoms with Gasteiger partial charge in [-0.3, -0.25) is 14.5 Å². The topological polar surface area (TPSA) is 66.8 Å². The largest absolute Gasteiger partial charge is 0.507 e. The van der Waals surface area contributed by atoms with Crippen molar-refractivity contribution in [2.24, 2.45) is 17.8 Å². The van der Waals surface area contributed by atoms with Crippen molar-refractivity contribution in [2.45, 2.75) is 83.3 Å². The molecule has 2 aliphatic carbocycles. The van der Waals surface area contributed by atoms with Gasteiger partial charge in [-0.15, -0.1) is 0 Å². The van der Waals surface area contributed by atoms with Crippen LogP contribution in [0.4, 0.5) is 0 Å². The minimum atomic E-state index is -0.263. The molecule has 1 saturated carbocycles. The van der Waals surface area contributed by atoms with Gasteiger partial charge in [0.2, 0.25) is 11.8 Å². The Bertz CT molecular complexity index is 1310. The number of hydrogen-bond acceptors (Lipinski definition) is 4. The molecule has 40 heavy (non-hydrogen) atoms. The van der Waals surface area contributed by atoms with Gasteiger partial charge >= 0.3 is 0 Å². The van der Waals surface area contributed by atoms with E-state index in [0.717, 1.165) is 68.1 Å². The van der Waals surface area contributed by atoms with E-state index < -0.39 is 0 Å². The van der Waals surface area contributed by atoms with Crippen LogP contribution in [-0.4, -0.2) is 40.6 Å². The Kier molecular flexibility index (Phi) is 7.93. The summed E-state index contributed by atoms with van der Waals surface area (Å²) in [6.45, 7) is 2.72. The minimum Gasteiger partial charge on any atom is -0.507 e. The van der Waals surface area contributed by atoms with Crippen molar-refractivity contribution in [1.29, 1.82) is 0 Å². The number of likely N-dealkylation sites (tertiary alicyclic amines) is 1. The summed E-state index contributed by atoms with van der Waals surface area (Å²) in [5.41, 5.74) is 5.75. The highest BCUT2D eigenvalue weighted by Crippen LogP contribution is 2.51. The molecule has 2 aromatic rings. The summed E-state index contributed by atoms with van der Waals surface area (Å²) < 4.78 is 6.49. The fourth-order valence-electron chi connectivity index (χ4n) is 7.77. The van der Waals surface area contributed by atoms with Gasteiger partial charge in [-0.1, -0.05) is 86.7 Å². The molecular formula is C35H41NO4. The third-order valence-electron chi connectivity index (χ3n) is 9.62. The maximum absolute atomic E-state index is 13.8. The van der Waals surface area contributed by atoms with E-state index in [9.17, 15) is 14.7 Å². The quantitative estimate of drug-likeness (QED) is 0.220. The van der Waals surface area contributed by atoms with Gasteiger partial charge < -0.3 is 9.84 Å². The summed E-state index contributed by atoms with van der Waals surface area (Å²) in [7, 11) is 0. The van der Waals surface area contributed by atoms with E-state index in [1.54, 1.807) is 11.0 Å². The number of ether oxygens (including phenoxy) is 1. The summed E-state index contributed by atoms with van der Waals surface area (Å²) in [5.74, 6) is -0.0547. The van der Waals surface area contributed by atoms with Crippen LogP contribution in [0.1, 0.15) is 82.3 Å². The molecule has 2 aromatic carbocycles. The van der Waals surface area contributed by atoms with Crippen LogP contribution in [-0.2, 0) is 14.3 Å². The van der Waals surface area contributed by atoms with Gasteiger partial charge in [0.05, 0.1) is 24.5 Å². The van der Waals surface area contributed by atoms with Crippen LogP contribution in [0.3, 0.4) is 0 Å². The molecule has 0 unspecified atom stereocenters. The molecule has 0 spiro atoms. The molecule has 2 heterocycles. The maximum atomic E-state index is 13.8.